The molecular weight excluding hydrogens is 571 g/mol. The van der Waals surface area contributed by atoms with Gasteiger partial charge in [-0.05, 0) is 61.8 Å². The molecule has 2 unspecified atom stereocenters. The average molecular weight is 608 g/mol. The van der Waals surface area contributed by atoms with E-state index in [0.717, 1.165) is 67.6 Å². The highest BCUT2D eigenvalue weighted by atomic mass is 19.4. The second-order valence-corrected chi connectivity index (χ2v) is 12.3. The van der Waals surface area contributed by atoms with Crippen molar-refractivity contribution in [2.75, 3.05) is 18.4 Å². The van der Waals surface area contributed by atoms with Gasteiger partial charge in [0.1, 0.15) is 17.8 Å². The van der Waals surface area contributed by atoms with E-state index >= 15 is 0 Å². The third kappa shape index (κ3) is 5.82. The van der Waals surface area contributed by atoms with Gasteiger partial charge in [-0.25, -0.2) is 9.97 Å². The molecule has 0 radical (unpaired) electrons. The monoisotopic (exact) mass is 607 g/mol. The second kappa shape index (κ2) is 11.7. The van der Waals surface area contributed by atoms with E-state index in [2.05, 4.69) is 29.5 Å². The zero-order valence-electron chi connectivity index (χ0n) is 24.6. The van der Waals surface area contributed by atoms with Crippen LogP contribution in [0.2, 0.25) is 0 Å². The predicted octanol–water partition coefficient (Wildman–Crippen LogP) is 5.59. The van der Waals surface area contributed by atoms with Crippen molar-refractivity contribution in [3.63, 3.8) is 0 Å². The van der Waals surface area contributed by atoms with Gasteiger partial charge in [-0.1, -0.05) is 26.0 Å². The summed E-state index contributed by atoms with van der Waals surface area (Å²) in [7, 11) is 0. The Balaban J connectivity index is 1.21. The maximum absolute atomic E-state index is 13.3. The molecule has 3 aliphatic rings. The summed E-state index contributed by atoms with van der Waals surface area (Å²) in [4.78, 5) is 37.0. The average Bonchev–Trinajstić information content (AvgIpc) is 3.37. The number of nitrogens with zero attached hydrogens (tertiary/aromatic N) is 4. The van der Waals surface area contributed by atoms with Crippen LogP contribution in [0.5, 0.6) is 0 Å². The maximum Gasteiger partial charge on any atom is 0.416 e. The van der Waals surface area contributed by atoms with E-state index in [0.29, 0.717) is 24.1 Å². The fourth-order valence-corrected chi connectivity index (χ4v) is 6.41. The van der Waals surface area contributed by atoms with Gasteiger partial charge in [0.15, 0.2) is 0 Å². The minimum Gasteiger partial charge on any atom is -0.370 e. The summed E-state index contributed by atoms with van der Waals surface area (Å²) in [5, 5.41) is 5.56. The first-order valence-corrected chi connectivity index (χ1v) is 15.0. The predicted molar refractivity (Wildman–Crippen MR) is 160 cm³/mol. The number of rotatable bonds is 6. The summed E-state index contributed by atoms with van der Waals surface area (Å²) in [6.07, 6.45) is 3.35. The van der Waals surface area contributed by atoms with Gasteiger partial charge in [-0.2, -0.15) is 13.2 Å². The highest BCUT2D eigenvalue weighted by Crippen LogP contribution is 2.41. The summed E-state index contributed by atoms with van der Waals surface area (Å²) in [6, 6.07) is 8.30. The lowest BCUT2D eigenvalue weighted by Gasteiger charge is -2.41. The number of piperidine rings is 1. The molecule has 1 aromatic carbocycles. The van der Waals surface area contributed by atoms with Crippen molar-refractivity contribution in [3.8, 4) is 11.3 Å². The number of pyridine rings is 1. The molecule has 1 saturated carbocycles. The van der Waals surface area contributed by atoms with Gasteiger partial charge in [-0.15, -0.1) is 0 Å². The van der Waals surface area contributed by atoms with E-state index in [-0.39, 0.29) is 29.1 Å². The highest BCUT2D eigenvalue weighted by molar-refractivity contribution is 6.04. The number of alkyl halides is 3. The molecule has 0 spiro atoms. The molecule has 1 saturated heterocycles. The number of nitrogens with two attached hydrogens (primary N) is 1. The van der Waals surface area contributed by atoms with Crippen LogP contribution in [0.1, 0.15) is 79.1 Å². The van der Waals surface area contributed by atoms with Crippen molar-refractivity contribution in [3.05, 3.63) is 71.4 Å². The van der Waals surface area contributed by atoms with Gasteiger partial charge < -0.3 is 25.8 Å². The molecule has 4 N–H and O–H groups in total. The normalized spacial score (nSPS) is 23.1. The summed E-state index contributed by atoms with van der Waals surface area (Å²) >= 11 is 0. The zero-order valence-corrected chi connectivity index (χ0v) is 24.6. The van der Waals surface area contributed by atoms with Crippen molar-refractivity contribution in [1.82, 2.24) is 24.8 Å². The highest BCUT2D eigenvalue weighted by Gasteiger charge is 2.40. The van der Waals surface area contributed by atoms with Gasteiger partial charge >= 0.3 is 6.18 Å². The van der Waals surface area contributed by atoms with Crippen LogP contribution in [0.4, 0.5) is 19.0 Å². The van der Waals surface area contributed by atoms with Crippen LogP contribution in [-0.2, 0) is 11.0 Å². The van der Waals surface area contributed by atoms with Crippen LogP contribution in [0.25, 0.3) is 17.5 Å². The number of carbonyl (C=O) groups is 2. The number of fused-ring (bicyclic) bond motifs is 1. The van der Waals surface area contributed by atoms with E-state index < -0.39 is 23.8 Å². The number of amides is 2. The molecule has 4 heterocycles. The summed E-state index contributed by atoms with van der Waals surface area (Å²) in [5.74, 6) is 1.69. The van der Waals surface area contributed by atoms with Crippen LogP contribution in [0, 0.1) is 17.8 Å². The summed E-state index contributed by atoms with van der Waals surface area (Å²) in [5.41, 5.74) is 8.00. The molecule has 2 aromatic heterocycles. The van der Waals surface area contributed by atoms with Crippen LogP contribution in [0.3, 0.4) is 0 Å². The first-order valence-electron chi connectivity index (χ1n) is 15.0. The number of aromatic nitrogens is 3. The molecule has 9 nitrogen and oxygen atoms in total. The van der Waals surface area contributed by atoms with Gasteiger partial charge in [-0.3, -0.25) is 9.59 Å². The van der Waals surface area contributed by atoms with Crippen LogP contribution in [0.15, 0.2) is 48.8 Å². The Kier molecular flexibility index (Phi) is 7.95. The lowest BCUT2D eigenvalue weighted by atomic mass is 9.69. The van der Waals surface area contributed by atoms with Crippen LogP contribution < -0.4 is 16.4 Å². The number of nitrogens with one attached hydrogen (secondary N) is 2. The minimum atomic E-state index is -4.54. The van der Waals surface area contributed by atoms with Crippen LogP contribution >= 0.6 is 0 Å². The van der Waals surface area contributed by atoms with Crippen molar-refractivity contribution in [2.24, 2.45) is 23.5 Å². The van der Waals surface area contributed by atoms with E-state index in [9.17, 15) is 22.8 Å². The molecule has 1 aliphatic carbocycles. The van der Waals surface area contributed by atoms with E-state index in [1.165, 1.54) is 0 Å². The van der Waals surface area contributed by atoms with Gasteiger partial charge in [0.05, 0.1) is 17.0 Å². The van der Waals surface area contributed by atoms with Crippen molar-refractivity contribution in [2.45, 2.75) is 57.8 Å². The fourth-order valence-electron chi connectivity index (χ4n) is 6.41. The number of hydrogen-bond donors (Lipinski definition) is 3. The number of imidazole rings is 1. The SMILES string of the molecule is CC(C)C1CC(C(=O)N2CCCC(c3nc(-c4ccc(C(=O)Nc5cc(C(F)(F)F)ccn5)cc4)c4n3C=CNC4N)C2)C1. The smallest absolute Gasteiger partial charge is 0.370 e. The molecule has 3 aromatic rings. The molecule has 12 heteroatoms. The Morgan fingerprint density at radius 3 is 2.59 bits per heavy atom. The lowest BCUT2D eigenvalue weighted by molar-refractivity contribution is -0.142. The third-order valence-corrected chi connectivity index (χ3v) is 9.08. The number of halogens is 3. The summed E-state index contributed by atoms with van der Waals surface area (Å²) in [6.45, 7) is 5.80. The molecule has 2 aliphatic heterocycles. The molecule has 44 heavy (non-hydrogen) atoms. The van der Waals surface area contributed by atoms with Gasteiger partial charge in [0, 0.05) is 54.6 Å². The number of benzene rings is 1. The number of likely N-dealkylation sites (tertiary alicyclic amines) is 1. The van der Waals surface area contributed by atoms with Crippen molar-refractivity contribution >= 4 is 23.8 Å². The number of hydrogen-bond acceptors (Lipinski definition) is 6. The standard InChI is InChI=1S/C32H36F3N7O2/c1-18(2)22-14-23(15-22)31(44)41-12-3-4-21(17-41)29-40-26(27-28(36)38-11-13-42(27)29)19-5-7-20(8-6-19)30(43)39-25-16-24(9-10-37-25)32(33,34)35/h5-11,13,16,18,21-23,28,38H,3-4,12,14-15,17,36H2,1-2H3,(H,37,39,43). The zero-order chi connectivity index (χ0) is 31.2. The van der Waals surface area contributed by atoms with Crippen LogP contribution in [-0.4, -0.2) is 44.3 Å². The largest absolute Gasteiger partial charge is 0.416 e. The molecule has 0 bridgehead atoms. The molecule has 2 amide bonds. The van der Waals surface area contributed by atoms with Crippen molar-refractivity contribution < 1.29 is 22.8 Å². The Labute approximate surface area is 253 Å². The van der Waals surface area contributed by atoms with Crippen molar-refractivity contribution in [1.29, 1.82) is 0 Å². The topological polar surface area (TPSA) is 118 Å². The Hall–Kier alpha value is -4.19. The molecule has 2 atom stereocenters. The fraction of sp³-hybridized carbons (Fsp3) is 0.438. The third-order valence-electron chi connectivity index (χ3n) is 9.08. The first-order chi connectivity index (χ1) is 21.0. The molecule has 6 rings (SSSR count). The number of anilines is 1. The van der Waals surface area contributed by atoms with E-state index in [1.807, 2.05) is 15.7 Å². The maximum atomic E-state index is 13.3. The van der Waals surface area contributed by atoms with Gasteiger partial charge in [0.2, 0.25) is 5.91 Å². The molecular formula is C32H36F3N7O2. The Morgan fingerprint density at radius 1 is 1.14 bits per heavy atom. The minimum absolute atomic E-state index is 0.0427. The Morgan fingerprint density at radius 2 is 1.89 bits per heavy atom. The Bertz CT molecular complexity index is 1580. The van der Waals surface area contributed by atoms with E-state index in [4.69, 9.17) is 10.7 Å². The van der Waals surface area contributed by atoms with E-state index in [1.54, 1.807) is 30.5 Å². The van der Waals surface area contributed by atoms with Gasteiger partial charge in [0.25, 0.3) is 5.91 Å². The second-order valence-electron chi connectivity index (χ2n) is 12.3. The molecule has 2 fully saturated rings. The quantitative estimate of drug-likeness (QED) is 0.336. The first kappa shape index (κ1) is 29.9. The lowest BCUT2D eigenvalue weighted by Crippen LogP contribution is -2.46. The summed E-state index contributed by atoms with van der Waals surface area (Å²) < 4.78 is 41.2. The number of carbonyl (C=O) groups excluding carboxylic acids is 2. The molecule has 232 valence electrons.